The second kappa shape index (κ2) is 9.18. The number of amides is 1. The minimum Gasteiger partial charge on any atom is -0.497 e. The van der Waals surface area contributed by atoms with Crippen molar-refractivity contribution in [2.24, 2.45) is 4.99 Å². The number of aliphatic imine (C=N–C) groups is 1. The Bertz CT molecular complexity index is 1190. The van der Waals surface area contributed by atoms with Gasteiger partial charge in [0.2, 0.25) is 5.91 Å². The Morgan fingerprint density at radius 2 is 1.97 bits per heavy atom. The number of ether oxygens (including phenoxy) is 1. The van der Waals surface area contributed by atoms with Crippen molar-refractivity contribution in [3.63, 3.8) is 0 Å². The van der Waals surface area contributed by atoms with Crippen molar-refractivity contribution in [3.8, 4) is 11.4 Å². The highest BCUT2D eigenvalue weighted by Gasteiger charge is 2.29. The first kappa shape index (κ1) is 21.5. The summed E-state index contributed by atoms with van der Waals surface area (Å²) in [6, 6.07) is 13.7. The molecule has 164 valence electrons. The van der Waals surface area contributed by atoms with Crippen molar-refractivity contribution in [2.45, 2.75) is 33.2 Å². The molecule has 0 fully saturated rings. The Labute approximate surface area is 187 Å². The number of nitrogens with zero attached hydrogens (tertiary/aromatic N) is 4. The van der Waals surface area contributed by atoms with Gasteiger partial charge in [0.25, 0.3) is 0 Å². The monoisotopic (exact) mass is 429 g/mol. The Morgan fingerprint density at radius 3 is 2.66 bits per heavy atom. The number of hydrogen-bond acceptors (Lipinski definition) is 5. The van der Waals surface area contributed by atoms with E-state index in [0.717, 1.165) is 39.7 Å². The van der Waals surface area contributed by atoms with Crippen LogP contribution in [0.25, 0.3) is 11.8 Å². The summed E-state index contributed by atoms with van der Waals surface area (Å²) in [5.74, 6) is 2.06. The molecular formula is C25H27N5O2. The molecule has 0 aliphatic carbocycles. The molecule has 0 saturated carbocycles. The van der Waals surface area contributed by atoms with Crippen molar-refractivity contribution in [3.05, 3.63) is 76.9 Å². The van der Waals surface area contributed by atoms with Gasteiger partial charge in [0.1, 0.15) is 17.6 Å². The fourth-order valence-electron chi connectivity index (χ4n) is 3.96. The predicted octanol–water partition coefficient (Wildman–Crippen LogP) is 4.04. The van der Waals surface area contributed by atoms with Crippen LogP contribution in [0.1, 0.15) is 54.6 Å². The van der Waals surface area contributed by atoms with E-state index < -0.39 is 6.04 Å². The van der Waals surface area contributed by atoms with Gasteiger partial charge >= 0.3 is 0 Å². The smallest absolute Gasteiger partial charge is 0.222 e. The van der Waals surface area contributed by atoms with Crippen LogP contribution in [0.15, 0.2) is 53.5 Å². The molecule has 0 unspecified atom stereocenters. The first-order chi connectivity index (χ1) is 15.5. The van der Waals surface area contributed by atoms with Crippen LogP contribution in [0.5, 0.6) is 5.75 Å². The summed E-state index contributed by atoms with van der Waals surface area (Å²) in [4.78, 5) is 17.6. The first-order valence-electron chi connectivity index (χ1n) is 10.7. The molecule has 1 atom stereocenters. The normalized spacial score (nSPS) is 15.0. The van der Waals surface area contributed by atoms with E-state index in [2.05, 4.69) is 45.9 Å². The third-order valence-electron chi connectivity index (χ3n) is 5.43. The number of hydrogen-bond donors (Lipinski definition) is 1. The SMILES string of the molecule is C/C=C/c1ccc(C2=N[C@@H](CC(=O)NCC)c3nnc(C)n3-c3ccc(OC)cc32)cc1. The Hall–Kier alpha value is -3.74. The molecular weight excluding hydrogens is 402 g/mol. The van der Waals surface area contributed by atoms with Gasteiger partial charge in [0.15, 0.2) is 5.82 Å². The number of fused-ring (bicyclic) bond motifs is 3. The van der Waals surface area contributed by atoms with Crippen LogP contribution in [0.2, 0.25) is 0 Å². The molecule has 1 aliphatic heterocycles. The number of aromatic nitrogens is 3. The van der Waals surface area contributed by atoms with Gasteiger partial charge in [0.05, 0.1) is 24.9 Å². The zero-order valence-corrected chi connectivity index (χ0v) is 18.8. The molecule has 7 nitrogen and oxygen atoms in total. The fraction of sp³-hybridized carbons (Fsp3) is 0.280. The lowest BCUT2D eigenvalue weighted by atomic mass is 9.98. The van der Waals surface area contributed by atoms with Crippen molar-refractivity contribution in [2.75, 3.05) is 13.7 Å². The Kier molecular flexibility index (Phi) is 6.16. The molecule has 2 aromatic carbocycles. The van der Waals surface area contributed by atoms with Crippen molar-refractivity contribution in [1.82, 2.24) is 20.1 Å². The summed E-state index contributed by atoms with van der Waals surface area (Å²) < 4.78 is 7.50. The average Bonchev–Trinajstić information content (AvgIpc) is 3.12. The maximum absolute atomic E-state index is 12.5. The molecule has 1 aliphatic rings. The van der Waals surface area contributed by atoms with E-state index in [1.54, 1.807) is 7.11 Å². The summed E-state index contributed by atoms with van der Waals surface area (Å²) in [6.45, 7) is 6.37. The molecule has 2 heterocycles. The van der Waals surface area contributed by atoms with Gasteiger partial charge in [-0.15, -0.1) is 10.2 Å². The van der Waals surface area contributed by atoms with Crippen LogP contribution in [-0.2, 0) is 4.79 Å². The third-order valence-corrected chi connectivity index (χ3v) is 5.43. The quantitative estimate of drug-likeness (QED) is 0.641. The summed E-state index contributed by atoms with van der Waals surface area (Å²) in [5.41, 5.74) is 4.70. The molecule has 3 aromatic rings. The molecule has 0 spiro atoms. The lowest BCUT2D eigenvalue weighted by Crippen LogP contribution is -2.25. The lowest BCUT2D eigenvalue weighted by molar-refractivity contribution is -0.121. The molecule has 1 aromatic heterocycles. The van der Waals surface area contributed by atoms with Gasteiger partial charge in [-0.05, 0) is 44.5 Å². The number of carbonyl (C=O) groups excluding carboxylic acids is 1. The summed E-state index contributed by atoms with van der Waals surface area (Å²) >= 11 is 0. The molecule has 4 rings (SSSR count). The van der Waals surface area contributed by atoms with Crippen molar-refractivity contribution < 1.29 is 9.53 Å². The molecule has 0 bridgehead atoms. The second-order valence-electron chi connectivity index (χ2n) is 7.60. The predicted molar refractivity (Wildman–Crippen MR) is 125 cm³/mol. The highest BCUT2D eigenvalue weighted by atomic mass is 16.5. The highest BCUT2D eigenvalue weighted by molar-refractivity contribution is 6.15. The summed E-state index contributed by atoms with van der Waals surface area (Å²) in [6.07, 6.45) is 4.25. The van der Waals surface area contributed by atoms with E-state index in [1.807, 2.05) is 49.6 Å². The van der Waals surface area contributed by atoms with Crippen LogP contribution in [-0.4, -0.2) is 40.0 Å². The van der Waals surface area contributed by atoms with Crippen LogP contribution >= 0.6 is 0 Å². The minimum absolute atomic E-state index is 0.0697. The molecule has 0 radical (unpaired) electrons. The van der Waals surface area contributed by atoms with E-state index in [9.17, 15) is 4.79 Å². The maximum atomic E-state index is 12.5. The number of rotatable bonds is 6. The molecule has 1 amide bonds. The van der Waals surface area contributed by atoms with Gasteiger partial charge in [0, 0.05) is 17.7 Å². The number of methoxy groups -OCH3 is 1. The number of allylic oxidation sites excluding steroid dienone is 1. The lowest BCUT2D eigenvalue weighted by Gasteiger charge is -2.14. The fourth-order valence-corrected chi connectivity index (χ4v) is 3.96. The molecule has 7 heteroatoms. The topological polar surface area (TPSA) is 81.4 Å². The largest absolute Gasteiger partial charge is 0.497 e. The van der Waals surface area contributed by atoms with Gasteiger partial charge in [-0.1, -0.05) is 36.4 Å². The maximum Gasteiger partial charge on any atom is 0.222 e. The first-order valence-corrected chi connectivity index (χ1v) is 10.7. The number of nitrogens with one attached hydrogen (secondary N) is 1. The zero-order valence-electron chi connectivity index (χ0n) is 18.8. The third kappa shape index (κ3) is 4.06. The number of benzene rings is 2. The summed E-state index contributed by atoms with van der Waals surface area (Å²) in [5, 5.41) is 11.6. The van der Waals surface area contributed by atoms with Gasteiger partial charge in [-0.3, -0.25) is 14.4 Å². The van der Waals surface area contributed by atoms with Crippen LogP contribution in [0.3, 0.4) is 0 Å². The van der Waals surface area contributed by atoms with E-state index in [-0.39, 0.29) is 12.3 Å². The molecule has 32 heavy (non-hydrogen) atoms. The Morgan fingerprint density at radius 1 is 1.19 bits per heavy atom. The molecule has 1 N–H and O–H groups in total. The van der Waals surface area contributed by atoms with Crippen LogP contribution in [0, 0.1) is 6.92 Å². The highest BCUT2D eigenvalue weighted by Crippen LogP contribution is 2.34. The van der Waals surface area contributed by atoms with Crippen molar-refractivity contribution in [1.29, 1.82) is 0 Å². The van der Waals surface area contributed by atoms with Gasteiger partial charge in [-0.2, -0.15) is 0 Å². The van der Waals surface area contributed by atoms with E-state index in [1.165, 1.54) is 0 Å². The van der Waals surface area contributed by atoms with Gasteiger partial charge in [-0.25, -0.2) is 0 Å². The Balaban J connectivity index is 1.93. The standard InChI is InChI=1S/C25H27N5O2/c1-5-7-17-8-10-18(11-9-17)24-20-14-19(32-4)12-13-22(20)30-16(3)28-29-25(30)21(27-24)15-23(31)26-6-2/h5,7-14,21H,6,15H2,1-4H3,(H,26,31)/b7-5+/t21-/m0/s1. The number of carbonyl (C=O) groups is 1. The van der Waals surface area contributed by atoms with Crippen LogP contribution < -0.4 is 10.1 Å². The second-order valence-corrected chi connectivity index (χ2v) is 7.60. The number of aryl methyl sites for hydroxylation is 1. The van der Waals surface area contributed by atoms with Crippen LogP contribution in [0.4, 0.5) is 0 Å². The molecule has 0 saturated heterocycles. The van der Waals surface area contributed by atoms with E-state index >= 15 is 0 Å². The van der Waals surface area contributed by atoms with Gasteiger partial charge < -0.3 is 10.1 Å². The van der Waals surface area contributed by atoms with Crippen molar-refractivity contribution >= 4 is 17.7 Å². The van der Waals surface area contributed by atoms with E-state index in [0.29, 0.717) is 12.4 Å². The average molecular weight is 430 g/mol. The zero-order chi connectivity index (χ0) is 22.7. The van der Waals surface area contributed by atoms with E-state index in [4.69, 9.17) is 9.73 Å². The summed E-state index contributed by atoms with van der Waals surface area (Å²) in [7, 11) is 1.65. The minimum atomic E-state index is -0.466.